The van der Waals surface area contributed by atoms with Crippen LogP contribution >= 0.6 is 12.2 Å². The summed E-state index contributed by atoms with van der Waals surface area (Å²) in [5, 5.41) is 3.69. The first-order valence-corrected chi connectivity index (χ1v) is 8.75. The molecule has 0 spiro atoms. The van der Waals surface area contributed by atoms with Gasteiger partial charge in [-0.25, -0.2) is 0 Å². The van der Waals surface area contributed by atoms with Crippen molar-refractivity contribution in [2.45, 2.75) is 12.1 Å². The molecule has 0 amide bonds. The largest absolute Gasteiger partial charge is 0.497 e. The summed E-state index contributed by atoms with van der Waals surface area (Å²) in [7, 11) is 0.382. The molecule has 0 radical (unpaired) electrons. The number of nitrogens with zero attached hydrogens (tertiary/aromatic N) is 1. The van der Waals surface area contributed by atoms with Crippen LogP contribution < -0.4 is 19.7 Å². The fourth-order valence-corrected chi connectivity index (χ4v) is 5.19. The fourth-order valence-electron chi connectivity index (χ4n) is 2.89. The average molecular weight is 329 g/mol. The van der Waals surface area contributed by atoms with E-state index in [1.165, 1.54) is 0 Å². The molecule has 2 saturated heterocycles. The van der Waals surface area contributed by atoms with E-state index in [-0.39, 0.29) is 23.6 Å². The molecule has 8 heteroatoms. The zero-order valence-corrected chi connectivity index (χ0v) is 13.4. The molecule has 2 fully saturated rings. The number of hydrogen-bond acceptors (Lipinski definition) is 4. The first-order chi connectivity index (χ1) is 9.95. The highest BCUT2D eigenvalue weighted by molar-refractivity contribution is 7.98. The molecule has 2 aliphatic rings. The van der Waals surface area contributed by atoms with E-state index in [1.807, 2.05) is 17.0 Å². The summed E-state index contributed by atoms with van der Waals surface area (Å²) < 4.78 is 32.4. The minimum Gasteiger partial charge on any atom is -0.497 e. The van der Waals surface area contributed by atoms with Gasteiger partial charge in [-0.05, 0) is 24.4 Å². The predicted molar refractivity (Wildman–Crippen MR) is 85.7 cm³/mol. The van der Waals surface area contributed by atoms with Crippen molar-refractivity contribution in [3.8, 4) is 11.5 Å². The predicted octanol–water partition coefficient (Wildman–Crippen LogP) is 1.12. The lowest BCUT2D eigenvalue weighted by Gasteiger charge is -2.24. The first kappa shape index (κ1) is 14.6. The van der Waals surface area contributed by atoms with Crippen LogP contribution in [0.25, 0.3) is 0 Å². The van der Waals surface area contributed by atoms with Gasteiger partial charge in [0.1, 0.15) is 23.6 Å². The summed E-state index contributed by atoms with van der Waals surface area (Å²) in [6.07, 6.45) is 0. The van der Waals surface area contributed by atoms with E-state index >= 15 is 0 Å². The molecule has 1 aromatic rings. The Hall–Kier alpha value is -1.38. The highest BCUT2D eigenvalue weighted by atomic mass is 32.3. The van der Waals surface area contributed by atoms with Gasteiger partial charge in [0.2, 0.25) is 10.2 Å². The number of anilines is 1. The van der Waals surface area contributed by atoms with Gasteiger partial charge in [0.05, 0.1) is 19.9 Å². The van der Waals surface area contributed by atoms with Crippen LogP contribution in [0.15, 0.2) is 18.2 Å². The Morgan fingerprint density at radius 3 is 2.81 bits per heavy atom. The van der Waals surface area contributed by atoms with Crippen LogP contribution in [0.5, 0.6) is 11.5 Å². The van der Waals surface area contributed by atoms with Crippen LogP contribution in [-0.2, 0) is 14.4 Å². The molecule has 0 aliphatic carbocycles. The second kappa shape index (κ2) is 5.11. The van der Waals surface area contributed by atoms with Crippen molar-refractivity contribution in [2.24, 2.45) is 0 Å². The lowest BCUT2D eigenvalue weighted by atomic mass is 10.1. The fraction of sp³-hybridized carbons (Fsp3) is 0.462. The second-order valence-corrected chi connectivity index (χ2v) is 7.74. The summed E-state index contributed by atoms with van der Waals surface area (Å²) in [4.78, 5) is 1.88. The molecule has 1 aromatic carbocycles. The van der Waals surface area contributed by atoms with Gasteiger partial charge in [0.25, 0.3) is 0 Å². The molecule has 3 rings (SSSR count). The number of hydrogen-bond donors (Lipinski definition) is 2. The third-order valence-electron chi connectivity index (χ3n) is 3.84. The number of benzene rings is 1. The highest BCUT2D eigenvalue weighted by Crippen LogP contribution is 2.38. The van der Waals surface area contributed by atoms with E-state index in [2.05, 4.69) is 5.32 Å². The van der Waals surface area contributed by atoms with E-state index in [4.69, 9.17) is 21.7 Å². The topological polar surface area (TPSA) is 71.0 Å². The average Bonchev–Trinajstić information content (AvgIpc) is 2.88. The Balaban J connectivity index is 1.99. The van der Waals surface area contributed by atoms with Crippen LogP contribution in [0.2, 0.25) is 0 Å². The summed E-state index contributed by atoms with van der Waals surface area (Å²) in [6.45, 7) is 0. The van der Waals surface area contributed by atoms with Gasteiger partial charge in [0.15, 0.2) is 16.6 Å². The molecule has 2 aliphatic heterocycles. The summed E-state index contributed by atoms with van der Waals surface area (Å²) in [5.41, 5.74) is 0.778. The Kier molecular flexibility index (Phi) is 3.54. The van der Waals surface area contributed by atoms with Gasteiger partial charge in [-0.1, -0.05) is 4.21 Å². The molecule has 21 heavy (non-hydrogen) atoms. The lowest BCUT2D eigenvalue weighted by molar-refractivity contribution is 0.394. The smallest absolute Gasteiger partial charge is 0.218 e. The van der Waals surface area contributed by atoms with Crippen LogP contribution in [0, 0.1) is 0 Å². The number of rotatable bonds is 3. The van der Waals surface area contributed by atoms with E-state index in [9.17, 15) is 8.76 Å². The number of thiocarbonyl (C=S) groups is 1. The van der Waals surface area contributed by atoms with Crippen LogP contribution in [0.4, 0.5) is 5.69 Å². The van der Waals surface area contributed by atoms with Gasteiger partial charge < -0.3 is 19.7 Å². The number of methoxy groups -OCH3 is 2. The van der Waals surface area contributed by atoms with Crippen molar-refractivity contribution in [2.75, 3.05) is 30.6 Å². The number of nitrogens with one attached hydrogen (secondary N) is 1. The van der Waals surface area contributed by atoms with Crippen LogP contribution in [0.1, 0.15) is 0 Å². The van der Waals surface area contributed by atoms with Crippen molar-refractivity contribution in [1.29, 1.82) is 0 Å². The quantitative estimate of drug-likeness (QED) is 0.636. The molecule has 2 heterocycles. The molecular formula is C13H17N2O4S2+. The normalized spacial score (nSPS) is 31.0. The zero-order valence-electron chi connectivity index (χ0n) is 11.7. The Morgan fingerprint density at radius 1 is 1.38 bits per heavy atom. The molecule has 1 unspecified atom stereocenters. The standard InChI is InChI=1S/C13H16N2O4S2/c1-18-8-3-4-10(12(5-8)19-2)15-11-7-21(16,17)6-9(11)14-13(15)20/h3-5,9,11H,6-7H2,1-2H3,(H-,14,16,17,20)/p+1/t9-,11+/m1/s1. The molecule has 0 aromatic heterocycles. The van der Waals surface area contributed by atoms with Crippen molar-refractivity contribution in [1.82, 2.24) is 5.32 Å². The highest BCUT2D eigenvalue weighted by Gasteiger charge is 2.54. The maximum Gasteiger partial charge on any atom is 0.218 e. The minimum atomic E-state index is -2.78. The molecular weight excluding hydrogens is 312 g/mol. The SMILES string of the molecule is COc1ccc(N2C(=S)N[C@@H]3C[S+](=O)(O)C[C@@H]32)c(OC)c1. The molecule has 114 valence electrons. The number of ether oxygens (including phenoxy) is 2. The van der Waals surface area contributed by atoms with Gasteiger partial charge in [-0.3, -0.25) is 0 Å². The zero-order chi connectivity index (χ0) is 15.2. The van der Waals surface area contributed by atoms with Crippen molar-refractivity contribution < 1.29 is 18.2 Å². The van der Waals surface area contributed by atoms with Crippen molar-refractivity contribution in [3.05, 3.63) is 18.2 Å². The second-order valence-electron chi connectivity index (χ2n) is 5.14. The third-order valence-corrected chi connectivity index (χ3v) is 5.90. The molecule has 3 atom stereocenters. The van der Waals surface area contributed by atoms with Crippen molar-refractivity contribution >= 4 is 33.2 Å². The van der Waals surface area contributed by atoms with Crippen LogP contribution in [0.3, 0.4) is 0 Å². The monoisotopic (exact) mass is 329 g/mol. The summed E-state index contributed by atoms with van der Waals surface area (Å²) in [5.74, 6) is 1.74. The number of fused-ring (bicyclic) bond motifs is 1. The van der Waals surface area contributed by atoms with Gasteiger partial charge in [0, 0.05) is 6.07 Å². The minimum absolute atomic E-state index is 0.0955. The summed E-state index contributed by atoms with van der Waals surface area (Å²) >= 11 is 5.37. The molecule has 6 nitrogen and oxygen atoms in total. The Morgan fingerprint density at radius 2 is 2.14 bits per heavy atom. The summed E-state index contributed by atoms with van der Waals surface area (Å²) in [6, 6.07) is 5.22. The van der Waals surface area contributed by atoms with E-state index in [1.54, 1.807) is 20.3 Å². The third kappa shape index (κ3) is 2.47. The van der Waals surface area contributed by atoms with E-state index in [0.29, 0.717) is 16.6 Å². The van der Waals surface area contributed by atoms with Crippen LogP contribution in [-0.4, -0.2) is 47.5 Å². The molecule has 0 saturated carbocycles. The first-order valence-electron chi connectivity index (χ1n) is 6.49. The van der Waals surface area contributed by atoms with E-state index < -0.39 is 10.2 Å². The van der Waals surface area contributed by atoms with Gasteiger partial charge in [-0.2, -0.15) is 4.55 Å². The lowest BCUT2D eigenvalue weighted by Crippen LogP contribution is -2.37. The Bertz CT molecular complexity index is 637. The van der Waals surface area contributed by atoms with E-state index in [0.717, 1.165) is 5.69 Å². The van der Waals surface area contributed by atoms with Gasteiger partial charge >= 0.3 is 0 Å². The maximum atomic E-state index is 11.9. The molecule has 2 N–H and O–H groups in total. The van der Waals surface area contributed by atoms with Crippen molar-refractivity contribution in [3.63, 3.8) is 0 Å². The maximum absolute atomic E-state index is 11.9. The Labute approximate surface area is 129 Å². The molecule has 0 bridgehead atoms. The van der Waals surface area contributed by atoms with Gasteiger partial charge in [-0.15, -0.1) is 0 Å².